The van der Waals surface area contributed by atoms with Crippen molar-refractivity contribution in [3.8, 4) is 0 Å². The molecule has 0 radical (unpaired) electrons. The molecule has 0 aromatic heterocycles. The molecule has 1 atom stereocenters. The Morgan fingerprint density at radius 2 is 1.80 bits per heavy atom. The molecule has 0 saturated carbocycles. The number of nitrogens with one attached hydrogen (secondary N) is 2. The Kier molecular flexibility index (Phi) is 6.47. The number of carbonyl (C=O) groups is 2. The number of hydrogen-bond donors (Lipinski definition) is 2. The van der Waals surface area contributed by atoms with E-state index in [-0.39, 0.29) is 36.9 Å². The second kappa shape index (κ2) is 8.88. The number of rotatable bonds is 7. The average molecular weight is 437 g/mol. The number of anilines is 1. The first kappa shape index (κ1) is 21.8. The summed E-state index contributed by atoms with van der Waals surface area (Å²) in [6.07, 6.45) is -0.0660. The monoisotopic (exact) mass is 437 g/mol. The molecule has 0 aliphatic carbocycles. The lowest BCUT2D eigenvalue weighted by Gasteiger charge is -2.17. The van der Waals surface area contributed by atoms with Crippen molar-refractivity contribution in [2.45, 2.75) is 18.7 Å². The second-order valence-electron chi connectivity index (χ2n) is 7.00. The highest BCUT2D eigenvalue weighted by atomic mass is 32.2. The van der Waals surface area contributed by atoms with Gasteiger partial charge in [-0.1, -0.05) is 24.3 Å². The molecule has 30 heavy (non-hydrogen) atoms. The molecule has 2 aromatic carbocycles. The topological polar surface area (TPSA) is 95.6 Å². The van der Waals surface area contributed by atoms with Crippen LogP contribution < -0.4 is 14.9 Å². The first-order valence-electron chi connectivity index (χ1n) is 9.20. The van der Waals surface area contributed by atoms with E-state index in [1.165, 1.54) is 13.1 Å². The molecule has 1 fully saturated rings. The van der Waals surface area contributed by atoms with Crippen molar-refractivity contribution in [1.29, 1.82) is 0 Å². The fraction of sp³-hybridized carbons (Fsp3) is 0.300. The van der Waals surface area contributed by atoms with E-state index in [4.69, 9.17) is 0 Å². The number of amides is 2. The molecule has 1 heterocycles. The Hall–Kier alpha value is -2.85. The van der Waals surface area contributed by atoms with Crippen molar-refractivity contribution in [3.63, 3.8) is 0 Å². The number of benzene rings is 2. The summed E-state index contributed by atoms with van der Waals surface area (Å²) in [6, 6.07) is 9.68. The second-order valence-corrected chi connectivity index (χ2v) is 8.93. The predicted octanol–water partition coefficient (Wildman–Crippen LogP) is 1.68. The third kappa shape index (κ3) is 5.19. The lowest BCUT2D eigenvalue weighted by molar-refractivity contribution is -0.126. The van der Waals surface area contributed by atoms with Crippen LogP contribution in [0.5, 0.6) is 0 Å². The van der Waals surface area contributed by atoms with Gasteiger partial charge in [0, 0.05) is 25.6 Å². The van der Waals surface area contributed by atoms with Gasteiger partial charge in [0.05, 0.1) is 17.4 Å². The maximum Gasteiger partial charge on any atom is 0.227 e. The van der Waals surface area contributed by atoms with E-state index >= 15 is 0 Å². The van der Waals surface area contributed by atoms with Crippen molar-refractivity contribution >= 4 is 27.5 Å². The highest BCUT2D eigenvalue weighted by Gasteiger charge is 2.36. The number of carbonyl (C=O) groups excluding carboxylic acids is 2. The summed E-state index contributed by atoms with van der Waals surface area (Å²) in [7, 11) is -2.02. The Morgan fingerprint density at radius 3 is 2.43 bits per heavy atom. The third-order valence-corrected chi connectivity index (χ3v) is 6.19. The Morgan fingerprint density at radius 1 is 1.13 bits per heavy atom. The van der Waals surface area contributed by atoms with Crippen LogP contribution in [-0.2, 0) is 31.9 Å². The lowest BCUT2D eigenvalue weighted by atomic mass is 10.1. The van der Waals surface area contributed by atoms with E-state index in [2.05, 4.69) is 10.0 Å². The smallest absolute Gasteiger partial charge is 0.227 e. The van der Waals surface area contributed by atoms with Gasteiger partial charge in [0.25, 0.3) is 0 Å². The number of hydrogen-bond acceptors (Lipinski definition) is 4. The van der Waals surface area contributed by atoms with E-state index in [0.717, 1.165) is 16.5 Å². The molecule has 7 nitrogen and oxygen atoms in total. The fourth-order valence-electron chi connectivity index (χ4n) is 3.19. The van der Waals surface area contributed by atoms with Gasteiger partial charge < -0.3 is 10.2 Å². The SMILES string of the molecule is CNS(=O)(=O)Cc1ccc(CNC(=O)C2CC(=O)N(c3ccc(F)cc3F)C2)cc1. The van der Waals surface area contributed by atoms with Crippen molar-refractivity contribution in [2.75, 3.05) is 18.5 Å². The highest BCUT2D eigenvalue weighted by Crippen LogP contribution is 2.28. The minimum atomic E-state index is -3.36. The molecule has 160 valence electrons. The maximum atomic E-state index is 14.0. The van der Waals surface area contributed by atoms with Crippen LogP contribution in [0.2, 0.25) is 0 Å². The van der Waals surface area contributed by atoms with Crippen LogP contribution in [0.4, 0.5) is 14.5 Å². The van der Waals surface area contributed by atoms with E-state index in [1.54, 1.807) is 24.3 Å². The first-order chi connectivity index (χ1) is 14.2. The molecule has 3 rings (SSSR count). The highest BCUT2D eigenvalue weighted by molar-refractivity contribution is 7.88. The van der Waals surface area contributed by atoms with Gasteiger partial charge in [-0.3, -0.25) is 9.59 Å². The third-order valence-electron chi connectivity index (χ3n) is 4.85. The zero-order valence-electron chi connectivity index (χ0n) is 16.2. The summed E-state index contributed by atoms with van der Waals surface area (Å²) in [4.78, 5) is 25.8. The van der Waals surface area contributed by atoms with Crippen LogP contribution >= 0.6 is 0 Å². The fourth-order valence-corrected chi connectivity index (χ4v) is 3.97. The number of nitrogens with zero attached hydrogens (tertiary/aromatic N) is 1. The zero-order chi connectivity index (χ0) is 21.9. The van der Waals surface area contributed by atoms with E-state index < -0.39 is 33.5 Å². The van der Waals surface area contributed by atoms with Crippen LogP contribution in [0.1, 0.15) is 17.5 Å². The Balaban J connectivity index is 1.57. The van der Waals surface area contributed by atoms with Gasteiger partial charge in [-0.05, 0) is 30.3 Å². The molecule has 2 amide bonds. The molecule has 0 spiro atoms. The molecular weight excluding hydrogens is 416 g/mol. The van der Waals surface area contributed by atoms with Gasteiger partial charge >= 0.3 is 0 Å². The minimum absolute atomic E-state index is 0.00797. The van der Waals surface area contributed by atoms with Crippen LogP contribution in [-0.4, -0.2) is 33.8 Å². The summed E-state index contributed by atoms with van der Waals surface area (Å²) in [5.41, 5.74) is 1.32. The van der Waals surface area contributed by atoms with Gasteiger partial charge in [-0.2, -0.15) is 0 Å². The largest absolute Gasteiger partial charge is 0.352 e. The first-order valence-corrected chi connectivity index (χ1v) is 10.9. The van der Waals surface area contributed by atoms with Crippen molar-refractivity contribution in [3.05, 3.63) is 65.2 Å². The van der Waals surface area contributed by atoms with E-state index in [0.29, 0.717) is 11.6 Å². The van der Waals surface area contributed by atoms with E-state index in [9.17, 15) is 26.8 Å². The molecule has 2 aromatic rings. The number of halogens is 2. The quantitative estimate of drug-likeness (QED) is 0.689. The van der Waals surface area contributed by atoms with Crippen LogP contribution in [0.15, 0.2) is 42.5 Å². The van der Waals surface area contributed by atoms with Crippen LogP contribution in [0.3, 0.4) is 0 Å². The zero-order valence-corrected chi connectivity index (χ0v) is 17.0. The van der Waals surface area contributed by atoms with Gasteiger partial charge in [0.1, 0.15) is 11.6 Å². The van der Waals surface area contributed by atoms with Crippen molar-refractivity contribution < 1.29 is 26.8 Å². The van der Waals surface area contributed by atoms with E-state index in [1.807, 2.05) is 0 Å². The molecule has 2 N–H and O–H groups in total. The normalized spacial score (nSPS) is 16.7. The van der Waals surface area contributed by atoms with Gasteiger partial charge in [0.2, 0.25) is 21.8 Å². The average Bonchev–Trinajstić information content (AvgIpc) is 3.08. The van der Waals surface area contributed by atoms with Crippen LogP contribution in [0.25, 0.3) is 0 Å². The molecular formula is C20H21F2N3O4S. The summed E-state index contributed by atoms with van der Waals surface area (Å²) in [6.45, 7) is 0.210. The molecule has 1 aliphatic heterocycles. The van der Waals surface area contributed by atoms with Gasteiger partial charge in [-0.15, -0.1) is 0 Å². The summed E-state index contributed by atoms with van der Waals surface area (Å²) < 4.78 is 52.4. The van der Waals surface area contributed by atoms with Gasteiger partial charge in [0.15, 0.2) is 0 Å². The summed E-state index contributed by atoms with van der Waals surface area (Å²) in [5, 5.41) is 2.73. The molecule has 0 bridgehead atoms. The molecule has 1 unspecified atom stereocenters. The summed E-state index contributed by atoms with van der Waals surface area (Å²) >= 11 is 0. The maximum absolute atomic E-state index is 14.0. The Bertz CT molecular complexity index is 1060. The van der Waals surface area contributed by atoms with Crippen molar-refractivity contribution in [1.82, 2.24) is 10.0 Å². The minimum Gasteiger partial charge on any atom is -0.352 e. The predicted molar refractivity (Wildman–Crippen MR) is 107 cm³/mol. The van der Waals surface area contributed by atoms with Crippen molar-refractivity contribution in [2.24, 2.45) is 5.92 Å². The molecule has 1 aliphatic rings. The number of sulfonamides is 1. The lowest BCUT2D eigenvalue weighted by Crippen LogP contribution is -2.32. The van der Waals surface area contributed by atoms with Crippen LogP contribution in [0, 0.1) is 17.6 Å². The van der Waals surface area contributed by atoms with Gasteiger partial charge in [-0.25, -0.2) is 21.9 Å². The molecule has 10 heteroatoms. The Labute approximate surface area is 173 Å². The summed E-state index contributed by atoms with van der Waals surface area (Å²) in [5.74, 6) is -3.15. The molecule has 1 saturated heterocycles. The standard InChI is InChI=1S/C20H21F2N3O4S/c1-23-30(28,29)12-14-4-2-13(3-5-14)10-24-20(27)15-8-19(26)25(11-15)18-7-6-16(21)9-17(18)22/h2-7,9,15,23H,8,10-12H2,1H3,(H,24,27).